The van der Waals surface area contributed by atoms with Gasteiger partial charge < -0.3 is 10.1 Å². The fourth-order valence-electron chi connectivity index (χ4n) is 5.15. The van der Waals surface area contributed by atoms with Gasteiger partial charge in [0.2, 0.25) is 0 Å². The summed E-state index contributed by atoms with van der Waals surface area (Å²) in [4.78, 5) is 16.9. The lowest BCUT2D eigenvalue weighted by molar-refractivity contribution is -0.274. The van der Waals surface area contributed by atoms with Crippen LogP contribution in [-0.2, 0) is 0 Å². The van der Waals surface area contributed by atoms with E-state index in [1.807, 2.05) is 6.07 Å². The monoisotopic (exact) mass is 458 g/mol. The van der Waals surface area contributed by atoms with Gasteiger partial charge in [-0.3, -0.25) is 9.78 Å². The second kappa shape index (κ2) is 8.01. The maximum Gasteiger partial charge on any atom is 0.573 e. The van der Waals surface area contributed by atoms with E-state index in [1.54, 1.807) is 18.3 Å². The van der Waals surface area contributed by atoms with E-state index in [-0.39, 0.29) is 28.9 Å². The molecule has 1 heterocycles. The first-order valence-electron chi connectivity index (χ1n) is 10.9. The predicted octanol–water partition coefficient (Wildman–Crippen LogP) is 6.12. The van der Waals surface area contributed by atoms with Crippen LogP contribution in [0, 0.1) is 11.2 Å². The normalized spacial score (nSPS) is 24.6. The standard InChI is InChI=1S/C25H22F4N2O2/c26-17-3-6-21-20(13-17)19(9-12-30-21)15-7-10-24(11-8-15)14-22(24)31-23(32)16-1-4-18(5-2-16)33-25(27,28)29/h1-6,9,12-13,15,22H,7-8,10-11,14H2,(H,31,32)/t15?,22-,24?/m0/s1. The summed E-state index contributed by atoms with van der Waals surface area (Å²) in [5.41, 5.74) is 2.28. The van der Waals surface area contributed by atoms with Crippen LogP contribution in [0.1, 0.15) is 53.9 Å². The van der Waals surface area contributed by atoms with Crippen LogP contribution in [-0.4, -0.2) is 23.3 Å². The Labute approximate surface area is 188 Å². The molecule has 3 aromatic rings. The summed E-state index contributed by atoms with van der Waals surface area (Å²) in [6, 6.07) is 11.6. The molecule has 2 saturated carbocycles. The average molecular weight is 458 g/mol. The van der Waals surface area contributed by atoms with Gasteiger partial charge in [0.05, 0.1) is 5.52 Å². The number of hydrogen-bond donors (Lipinski definition) is 1. The third kappa shape index (κ3) is 4.51. The first-order chi connectivity index (χ1) is 15.7. The number of aromatic nitrogens is 1. The molecule has 2 aliphatic carbocycles. The minimum Gasteiger partial charge on any atom is -0.406 e. The number of fused-ring (bicyclic) bond motifs is 1. The van der Waals surface area contributed by atoms with E-state index in [0.29, 0.717) is 11.5 Å². The number of amides is 1. The summed E-state index contributed by atoms with van der Waals surface area (Å²) in [6.45, 7) is 0. The van der Waals surface area contributed by atoms with E-state index >= 15 is 0 Å². The van der Waals surface area contributed by atoms with Crippen molar-refractivity contribution in [2.24, 2.45) is 5.41 Å². The molecule has 172 valence electrons. The fourth-order valence-corrected chi connectivity index (χ4v) is 5.15. The molecule has 1 N–H and O–H groups in total. The summed E-state index contributed by atoms with van der Waals surface area (Å²) >= 11 is 0. The number of rotatable bonds is 4. The van der Waals surface area contributed by atoms with Gasteiger partial charge in [-0.1, -0.05) is 0 Å². The largest absolute Gasteiger partial charge is 0.573 e. The highest BCUT2D eigenvalue weighted by atomic mass is 19.4. The highest BCUT2D eigenvalue weighted by Crippen LogP contribution is 2.59. The van der Waals surface area contributed by atoms with E-state index in [2.05, 4.69) is 15.0 Å². The van der Waals surface area contributed by atoms with Crippen LogP contribution < -0.4 is 10.1 Å². The van der Waals surface area contributed by atoms with Crippen molar-refractivity contribution >= 4 is 16.8 Å². The smallest absolute Gasteiger partial charge is 0.406 e. The Morgan fingerprint density at radius 2 is 1.79 bits per heavy atom. The number of carbonyl (C=O) groups excluding carboxylic acids is 1. The van der Waals surface area contributed by atoms with Crippen LogP contribution in [0.5, 0.6) is 5.75 Å². The van der Waals surface area contributed by atoms with E-state index in [4.69, 9.17) is 0 Å². The van der Waals surface area contributed by atoms with E-state index in [1.165, 1.54) is 18.2 Å². The van der Waals surface area contributed by atoms with Crippen molar-refractivity contribution in [2.75, 3.05) is 0 Å². The summed E-state index contributed by atoms with van der Waals surface area (Å²) < 4.78 is 54.5. The van der Waals surface area contributed by atoms with E-state index < -0.39 is 6.36 Å². The molecular weight excluding hydrogens is 436 g/mol. The first kappa shape index (κ1) is 21.7. The fraction of sp³-hybridized carbons (Fsp3) is 0.360. The molecule has 0 aliphatic heterocycles. The van der Waals surface area contributed by atoms with Crippen molar-refractivity contribution < 1.29 is 27.1 Å². The molecule has 0 unspecified atom stereocenters. The lowest BCUT2D eigenvalue weighted by Crippen LogP contribution is -2.31. The minimum atomic E-state index is -4.76. The Kier molecular flexibility index (Phi) is 5.26. The number of halogens is 4. The van der Waals surface area contributed by atoms with Crippen molar-refractivity contribution in [1.82, 2.24) is 10.3 Å². The average Bonchev–Trinajstić information content (AvgIpc) is 3.43. The highest BCUT2D eigenvalue weighted by Gasteiger charge is 2.55. The molecule has 8 heteroatoms. The van der Waals surface area contributed by atoms with Gasteiger partial charge in [0.15, 0.2) is 0 Å². The Hall–Kier alpha value is -3.16. The zero-order valence-corrected chi connectivity index (χ0v) is 17.7. The van der Waals surface area contributed by atoms with E-state index in [9.17, 15) is 22.4 Å². The van der Waals surface area contributed by atoms with Crippen molar-refractivity contribution in [3.63, 3.8) is 0 Å². The number of hydrogen-bond acceptors (Lipinski definition) is 3. The minimum absolute atomic E-state index is 0.0590. The molecule has 0 saturated heterocycles. The number of nitrogens with zero attached hydrogens (tertiary/aromatic N) is 1. The summed E-state index contributed by atoms with van der Waals surface area (Å²) in [6.07, 6.45) is 1.72. The molecule has 4 nitrogen and oxygen atoms in total. The van der Waals surface area contributed by atoms with Gasteiger partial charge in [0, 0.05) is 23.2 Å². The molecule has 5 rings (SSSR count). The summed E-state index contributed by atoms with van der Waals surface area (Å²) in [7, 11) is 0. The number of pyridine rings is 1. The SMILES string of the molecule is O=C(N[C@H]1CC12CCC(c1ccnc3ccc(F)cc13)CC2)c1ccc(OC(F)(F)F)cc1. The lowest BCUT2D eigenvalue weighted by atomic mass is 9.75. The van der Waals surface area contributed by atoms with Gasteiger partial charge in [0.1, 0.15) is 11.6 Å². The maximum atomic E-state index is 13.8. The van der Waals surface area contributed by atoms with Gasteiger partial charge >= 0.3 is 6.36 Å². The quantitative estimate of drug-likeness (QED) is 0.480. The van der Waals surface area contributed by atoms with Crippen molar-refractivity contribution in [3.8, 4) is 5.75 Å². The van der Waals surface area contributed by atoms with Gasteiger partial charge in [-0.2, -0.15) is 0 Å². The summed E-state index contributed by atoms with van der Waals surface area (Å²) in [5, 5.41) is 3.89. The van der Waals surface area contributed by atoms with Crippen molar-refractivity contribution in [3.05, 3.63) is 71.7 Å². The molecular formula is C25H22F4N2O2. The van der Waals surface area contributed by atoms with Gasteiger partial charge in [-0.15, -0.1) is 13.2 Å². The maximum absolute atomic E-state index is 13.8. The van der Waals surface area contributed by atoms with Gasteiger partial charge in [-0.25, -0.2) is 4.39 Å². The first-order valence-corrected chi connectivity index (χ1v) is 10.9. The number of benzene rings is 2. The van der Waals surface area contributed by atoms with Crippen molar-refractivity contribution in [1.29, 1.82) is 0 Å². The predicted molar refractivity (Wildman–Crippen MR) is 114 cm³/mol. The Morgan fingerprint density at radius 3 is 2.48 bits per heavy atom. The topological polar surface area (TPSA) is 51.2 Å². The molecule has 2 aliphatic rings. The van der Waals surface area contributed by atoms with Crippen LogP contribution in [0.25, 0.3) is 10.9 Å². The third-order valence-electron chi connectivity index (χ3n) is 7.00. The number of alkyl halides is 3. The molecule has 0 radical (unpaired) electrons. The van der Waals surface area contributed by atoms with Gasteiger partial charge in [0.25, 0.3) is 5.91 Å². The van der Waals surface area contributed by atoms with E-state index in [0.717, 1.165) is 60.7 Å². The number of ether oxygens (including phenoxy) is 1. The third-order valence-corrected chi connectivity index (χ3v) is 7.00. The molecule has 33 heavy (non-hydrogen) atoms. The van der Waals surface area contributed by atoms with Gasteiger partial charge in [-0.05, 0) is 97.5 Å². The molecule has 1 atom stereocenters. The van der Waals surface area contributed by atoms with Crippen LogP contribution in [0.15, 0.2) is 54.7 Å². The molecule has 0 bridgehead atoms. The molecule has 1 spiro atoms. The Bertz CT molecular complexity index is 1190. The zero-order chi connectivity index (χ0) is 23.2. The highest BCUT2D eigenvalue weighted by molar-refractivity contribution is 5.94. The van der Waals surface area contributed by atoms with Crippen molar-refractivity contribution in [2.45, 2.75) is 50.4 Å². The Morgan fingerprint density at radius 1 is 1.06 bits per heavy atom. The van der Waals surface area contributed by atoms with Crippen LogP contribution >= 0.6 is 0 Å². The second-order valence-corrected chi connectivity index (χ2v) is 9.00. The lowest BCUT2D eigenvalue weighted by Gasteiger charge is -2.30. The summed E-state index contributed by atoms with van der Waals surface area (Å²) in [5.74, 6) is -0.606. The van der Waals surface area contributed by atoms with Crippen LogP contribution in [0.2, 0.25) is 0 Å². The zero-order valence-electron chi connectivity index (χ0n) is 17.7. The number of carbonyl (C=O) groups is 1. The van der Waals surface area contributed by atoms with Crippen LogP contribution in [0.3, 0.4) is 0 Å². The molecule has 2 fully saturated rings. The number of nitrogens with one attached hydrogen (secondary N) is 1. The molecule has 1 amide bonds. The second-order valence-electron chi connectivity index (χ2n) is 9.00. The molecule has 1 aromatic heterocycles. The molecule has 2 aromatic carbocycles. The van der Waals surface area contributed by atoms with Crippen LogP contribution in [0.4, 0.5) is 17.6 Å². The Balaban J connectivity index is 1.20.